The van der Waals surface area contributed by atoms with Gasteiger partial charge in [-0.15, -0.1) is 141 Å². The molecule has 6 aliphatic heterocycles. The summed E-state index contributed by atoms with van der Waals surface area (Å²) in [6.07, 6.45) is 0. The van der Waals surface area contributed by atoms with Crippen LogP contribution in [0.15, 0.2) is 83.0 Å². The zero-order valence-electron chi connectivity index (χ0n) is 35.8. The van der Waals surface area contributed by atoms with E-state index in [2.05, 4.69) is 258 Å². The second kappa shape index (κ2) is 15.8. The number of hydrogen-bond donors (Lipinski definition) is 0. The predicted octanol–water partition coefficient (Wildman–Crippen LogP) is 19.0. The van der Waals surface area contributed by atoms with Crippen LogP contribution in [0.1, 0.15) is 110 Å². The van der Waals surface area contributed by atoms with Crippen molar-refractivity contribution in [3.63, 3.8) is 0 Å². The van der Waals surface area contributed by atoms with Crippen LogP contribution in [0.2, 0.25) is 0 Å². The number of carbonyl (C=O) groups is 1. The van der Waals surface area contributed by atoms with Crippen LogP contribution in [0.25, 0.3) is 11.1 Å². The first-order valence-electron chi connectivity index (χ1n) is 19.7. The largest absolute Gasteiger partial charge is 0.465 e. The maximum absolute atomic E-state index is 12.7. The second-order valence-corrected chi connectivity index (χ2v) is 41.4. The van der Waals surface area contributed by atoms with Gasteiger partial charge in [0.25, 0.3) is 0 Å². The van der Waals surface area contributed by atoms with Gasteiger partial charge in [-0.25, -0.2) is 4.79 Å². The lowest BCUT2D eigenvalue weighted by atomic mass is 9.83. The third kappa shape index (κ3) is 8.10. The zero-order chi connectivity index (χ0) is 43.7. The van der Waals surface area contributed by atoms with Crippen LogP contribution in [0.4, 0.5) is 0 Å². The number of rotatable bonds is 5. The number of benzene rings is 4. The molecule has 61 heavy (non-hydrogen) atoms. The highest BCUT2D eigenvalue weighted by atomic mass is 127. The van der Waals surface area contributed by atoms with Crippen LogP contribution in [0.5, 0.6) is 0 Å². The Morgan fingerprint density at radius 1 is 0.410 bits per heavy atom. The van der Waals surface area contributed by atoms with Crippen molar-refractivity contribution in [1.82, 2.24) is 0 Å². The first-order valence-corrected chi connectivity index (χ1v) is 31.6. The van der Waals surface area contributed by atoms with Crippen molar-refractivity contribution in [2.24, 2.45) is 0 Å². The highest BCUT2D eigenvalue weighted by Crippen LogP contribution is 2.75. The van der Waals surface area contributed by atoms with E-state index in [0.717, 1.165) is 5.56 Å². The summed E-state index contributed by atoms with van der Waals surface area (Å²) in [4.78, 5) is 29.9. The van der Waals surface area contributed by atoms with Crippen molar-refractivity contribution < 1.29 is 9.53 Å². The molecule has 321 valence electrons. The summed E-state index contributed by atoms with van der Waals surface area (Å²) in [5.41, 5.74) is 7.38. The number of esters is 1. The van der Waals surface area contributed by atoms with Gasteiger partial charge in [0.2, 0.25) is 0 Å². The maximum atomic E-state index is 12.7. The molecule has 6 heterocycles. The molecule has 0 N–H and O–H groups in total. The normalized spacial score (nSPS) is 22.2. The van der Waals surface area contributed by atoms with E-state index >= 15 is 0 Å². The van der Waals surface area contributed by atoms with E-state index in [1.54, 1.807) is 0 Å². The average molecular weight is 1250 g/mol. The SMILES string of the molecule is COC(=O)c1ccc(-c2c3c(c([C](c4c5c(c(I)c6c4SC(C)(C)S6)SC(C)(C)S5)c4c5c(c(I)c6c4SC(C)(C)S6)SC(C)(C)S5)c4c2SC(C)(C)S4)SC(C)(C)S3)cc1. The van der Waals surface area contributed by atoms with Crippen LogP contribution in [0.3, 0.4) is 0 Å². The molecule has 0 atom stereocenters. The van der Waals surface area contributed by atoms with E-state index in [0.29, 0.717) is 5.56 Å². The number of methoxy groups -OCH3 is 1. The van der Waals surface area contributed by atoms with Crippen molar-refractivity contribution in [3.8, 4) is 11.1 Å². The average Bonchev–Trinajstić information content (AvgIpc) is 3.97. The molecule has 0 bridgehead atoms. The van der Waals surface area contributed by atoms with Crippen molar-refractivity contribution in [1.29, 1.82) is 0 Å². The quantitative estimate of drug-likeness (QED) is 0.108. The molecule has 0 aliphatic carbocycles. The Bertz CT molecular complexity index is 2410. The van der Waals surface area contributed by atoms with Gasteiger partial charge in [0.15, 0.2) is 0 Å². The molecule has 0 saturated carbocycles. The Morgan fingerprint density at radius 3 is 0.934 bits per heavy atom. The van der Waals surface area contributed by atoms with Gasteiger partial charge in [-0.05, 0) is 163 Å². The van der Waals surface area contributed by atoms with E-state index in [1.165, 1.54) is 101 Å². The summed E-state index contributed by atoms with van der Waals surface area (Å²) in [6, 6.07) is 8.18. The van der Waals surface area contributed by atoms with Gasteiger partial charge in [-0.2, -0.15) is 0 Å². The molecule has 0 aromatic heterocycles. The van der Waals surface area contributed by atoms with E-state index in [9.17, 15) is 4.79 Å². The minimum Gasteiger partial charge on any atom is -0.465 e. The second-order valence-electron chi connectivity index (χ2n) is 18.1. The predicted molar refractivity (Wildman–Crippen MR) is 297 cm³/mol. The summed E-state index contributed by atoms with van der Waals surface area (Å²) in [6.45, 7) is 29.0. The molecule has 0 saturated heterocycles. The summed E-state index contributed by atoms with van der Waals surface area (Å²) >= 11 is 30.1. The highest BCUT2D eigenvalue weighted by Gasteiger charge is 2.52. The first-order chi connectivity index (χ1) is 28.3. The fraction of sp³-hybridized carbons (Fsp3) is 0.422. The standard InChI is InChI=1S/C45H43I2O2S12/c1-40(2)50-27-20(18-14-16-19(17-15-18)39(48)49-13)28-30(53-41(3,4)51-28)22(29(27)52-40)21(23-31-35(58-42(5,6)54-31)25(46)36-32(23)55-43(7,8)59-36)24-33-37(60-44(9,10)56-33)26(47)38-34(24)57-45(11,12)61-38/h14-17H,1-13H3. The molecule has 2 nitrogen and oxygen atoms in total. The Hall–Kier alpha value is 2.01. The monoisotopic (exact) mass is 1250 g/mol. The third-order valence-electron chi connectivity index (χ3n) is 10.4. The Balaban J connectivity index is 1.38. The van der Waals surface area contributed by atoms with Crippen molar-refractivity contribution in [2.45, 2.75) is 166 Å². The lowest BCUT2D eigenvalue weighted by molar-refractivity contribution is 0.0600. The van der Waals surface area contributed by atoms with Crippen molar-refractivity contribution in [3.05, 3.63) is 59.6 Å². The third-order valence-corrected chi connectivity index (χ3v) is 31.0. The minimum absolute atomic E-state index is 0.000499. The van der Waals surface area contributed by atoms with Gasteiger partial charge in [0, 0.05) is 71.4 Å². The number of thioether (sulfide) groups is 12. The van der Waals surface area contributed by atoms with E-state index < -0.39 is 0 Å². The first kappa shape index (κ1) is 46.7. The zero-order valence-corrected chi connectivity index (χ0v) is 49.9. The van der Waals surface area contributed by atoms with Crippen LogP contribution < -0.4 is 0 Å². The summed E-state index contributed by atoms with van der Waals surface area (Å²) in [5.74, 6) is 1.14. The molecule has 16 heteroatoms. The summed E-state index contributed by atoms with van der Waals surface area (Å²) in [7, 11) is 1.46. The number of hydrogen-bond acceptors (Lipinski definition) is 14. The highest BCUT2D eigenvalue weighted by molar-refractivity contribution is 14.1. The Kier molecular flexibility index (Phi) is 12.1. The maximum Gasteiger partial charge on any atom is 0.337 e. The number of fused-ring (bicyclic) bond motifs is 6. The van der Waals surface area contributed by atoms with Gasteiger partial charge in [-0.3, -0.25) is 0 Å². The summed E-state index contributed by atoms with van der Waals surface area (Å²) < 4.78 is 7.80. The Morgan fingerprint density at radius 2 is 0.656 bits per heavy atom. The molecule has 1 radical (unpaired) electrons. The molecule has 0 spiro atoms. The van der Waals surface area contributed by atoms with Gasteiger partial charge in [0.1, 0.15) is 0 Å². The number of carbonyl (C=O) groups excluding carboxylic acids is 1. The van der Waals surface area contributed by atoms with E-state index in [4.69, 9.17) is 4.74 Å². The van der Waals surface area contributed by atoms with Crippen LogP contribution in [-0.2, 0) is 4.74 Å². The minimum atomic E-state index is -0.305. The molecule has 4 aromatic carbocycles. The molecule has 0 unspecified atom stereocenters. The van der Waals surface area contributed by atoms with Crippen molar-refractivity contribution >= 4 is 192 Å². The topological polar surface area (TPSA) is 26.3 Å². The molecular weight excluding hydrogens is 1210 g/mol. The fourth-order valence-corrected chi connectivity index (χ4v) is 28.9. The lowest BCUT2D eigenvalue weighted by Gasteiger charge is -2.31. The number of ether oxygens (including phenoxy) is 1. The van der Waals surface area contributed by atoms with E-state index in [1.807, 2.05) is 35.7 Å². The lowest BCUT2D eigenvalue weighted by Crippen LogP contribution is -2.15. The molecular formula is C45H43I2O2S12. The molecule has 4 aromatic rings. The van der Waals surface area contributed by atoms with E-state index in [-0.39, 0.29) is 30.4 Å². The van der Waals surface area contributed by atoms with Crippen molar-refractivity contribution in [2.75, 3.05) is 7.11 Å². The van der Waals surface area contributed by atoms with Crippen LogP contribution in [0, 0.1) is 13.1 Å². The molecule has 6 aliphatic rings. The Labute approximate surface area is 440 Å². The van der Waals surface area contributed by atoms with Gasteiger partial charge in [0.05, 0.1) is 43.1 Å². The van der Waals surface area contributed by atoms with Crippen LogP contribution in [-0.4, -0.2) is 37.6 Å². The number of halogens is 2. The van der Waals surface area contributed by atoms with Gasteiger partial charge >= 0.3 is 5.97 Å². The van der Waals surface area contributed by atoms with Gasteiger partial charge < -0.3 is 4.74 Å². The summed E-state index contributed by atoms with van der Waals surface area (Å²) in [5, 5.41) is 0. The molecule has 0 amide bonds. The van der Waals surface area contributed by atoms with Gasteiger partial charge in [-0.1, -0.05) is 12.1 Å². The fourth-order valence-electron chi connectivity index (χ4n) is 8.35. The molecule has 10 rings (SSSR count). The molecule has 0 fully saturated rings. The van der Waals surface area contributed by atoms with Crippen LogP contribution >= 0.6 is 186 Å². The smallest absolute Gasteiger partial charge is 0.337 e.